The highest BCUT2D eigenvalue weighted by Crippen LogP contribution is 2.22. The Kier molecular flexibility index (Phi) is 5.12. The van der Waals surface area contributed by atoms with E-state index in [-0.39, 0.29) is 12.5 Å². The lowest BCUT2D eigenvalue weighted by Gasteiger charge is -2.09. The van der Waals surface area contributed by atoms with Crippen molar-refractivity contribution in [2.45, 2.75) is 13.5 Å². The van der Waals surface area contributed by atoms with E-state index in [0.717, 1.165) is 15.9 Å². The highest BCUT2D eigenvalue weighted by molar-refractivity contribution is 9.10. The van der Waals surface area contributed by atoms with E-state index in [1.807, 2.05) is 43.3 Å². The summed E-state index contributed by atoms with van der Waals surface area (Å²) in [7, 11) is 0. The van der Waals surface area contributed by atoms with Crippen molar-refractivity contribution < 1.29 is 4.79 Å². The maximum absolute atomic E-state index is 11.8. The number of nitrogens with one attached hydrogen (secondary N) is 2. The van der Waals surface area contributed by atoms with Crippen LogP contribution in [0.2, 0.25) is 0 Å². The predicted molar refractivity (Wildman–Crippen MR) is 83.5 cm³/mol. The molecule has 2 rings (SSSR count). The van der Waals surface area contributed by atoms with Gasteiger partial charge in [0.2, 0.25) is 5.91 Å². The van der Waals surface area contributed by atoms with Crippen LogP contribution < -0.4 is 10.6 Å². The van der Waals surface area contributed by atoms with Gasteiger partial charge in [-0.1, -0.05) is 12.1 Å². The van der Waals surface area contributed by atoms with Crippen molar-refractivity contribution >= 4 is 27.5 Å². The summed E-state index contributed by atoms with van der Waals surface area (Å²) in [6, 6.07) is 11.6. The van der Waals surface area contributed by atoms with Gasteiger partial charge in [-0.2, -0.15) is 0 Å². The molecule has 4 nitrogen and oxygen atoms in total. The molecule has 5 heteroatoms. The third-order valence-electron chi connectivity index (χ3n) is 2.76. The second kappa shape index (κ2) is 7.05. The van der Waals surface area contributed by atoms with E-state index < -0.39 is 0 Å². The van der Waals surface area contributed by atoms with Gasteiger partial charge < -0.3 is 10.6 Å². The molecule has 0 radical (unpaired) electrons. The van der Waals surface area contributed by atoms with Crippen LogP contribution in [0, 0.1) is 6.92 Å². The number of nitrogens with zero attached hydrogens (tertiary/aromatic N) is 1. The smallest absolute Gasteiger partial charge is 0.239 e. The van der Waals surface area contributed by atoms with Gasteiger partial charge in [0.15, 0.2) is 0 Å². The Labute approximate surface area is 126 Å². The van der Waals surface area contributed by atoms with E-state index >= 15 is 0 Å². The number of benzene rings is 1. The largest absolute Gasteiger partial charge is 0.375 e. The quantitative estimate of drug-likeness (QED) is 0.884. The monoisotopic (exact) mass is 333 g/mol. The minimum absolute atomic E-state index is 0.0665. The molecule has 2 aromatic rings. The first-order valence-corrected chi connectivity index (χ1v) is 7.11. The molecule has 1 aromatic carbocycles. The number of amides is 1. The van der Waals surface area contributed by atoms with Crippen LogP contribution in [0.5, 0.6) is 0 Å². The SMILES string of the molecule is Cc1ccc(NCC(=O)NCc2ccccn2)c(Br)c1. The van der Waals surface area contributed by atoms with Gasteiger partial charge in [0, 0.05) is 16.4 Å². The number of carbonyl (C=O) groups is 1. The first-order chi connectivity index (χ1) is 9.65. The van der Waals surface area contributed by atoms with Gasteiger partial charge in [-0.25, -0.2) is 0 Å². The summed E-state index contributed by atoms with van der Waals surface area (Å²) in [5.41, 5.74) is 2.92. The number of aryl methyl sites for hydroxylation is 1. The van der Waals surface area contributed by atoms with E-state index in [1.165, 1.54) is 5.56 Å². The second-order valence-electron chi connectivity index (χ2n) is 4.43. The molecule has 1 heterocycles. The molecule has 1 aromatic heterocycles. The average Bonchev–Trinajstić information content (AvgIpc) is 2.45. The fraction of sp³-hybridized carbons (Fsp3) is 0.200. The van der Waals surface area contributed by atoms with Crippen LogP contribution in [0.3, 0.4) is 0 Å². The van der Waals surface area contributed by atoms with Crippen LogP contribution in [0.1, 0.15) is 11.3 Å². The van der Waals surface area contributed by atoms with Gasteiger partial charge in [-0.3, -0.25) is 9.78 Å². The minimum atomic E-state index is -0.0665. The van der Waals surface area contributed by atoms with Gasteiger partial charge in [-0.15, -0.1) is 0 Å². The van der Waals surface area contributed by atoms with Gasteiger partial charge in [0.25, 0.3) is 0 Å². The molecular formula is C15H16BrN3O. The van der Waals surface area contributed by atoms with Crippen molar-refractivity contribution in [2.24, 2.45) is 0 Å². The van der Waals surface area contributed by atoms with Crippen LogP contribution in [-0.4, -0.2) is 17.4 Å². The van der Waals surface area contributed by atoms with Gasteiger partial charge in [0.1, 0.15) is 0 Å². The first kappa shape index (κ1) is 14.5. The van der Waals surface area contributed by atoms with Crippen LogP contribution in [0.15, 0.2) is 47.1 Å². The lowest BCUT2D eigenvalue weighted by molar-refractivity contribution is -0.119. The van der Waals surface area contributed by atoms with Crippen LogP contribution in [0.4, 0.5) is 5.69 Å². The summed E-state index contributed by atoms with van der Waals surface area (Å²) in [4.78, 5) is 15.9. The number of hydrogen-bond acceptors (Lipinski definition) is 3. The summed E-state index contributed by atoms with van der Waals surface area (Å²) in [5, 5.41) is 5.92. The van der Waals surface area contributed by atoms with E-state index in [9.17, 15) is 4.79 Å². The molecule has 0 aliphatic carbocycles. The Morgan fingerprint density at radius 3 is 2.85 bits per heavy atom. The third kappa shape index (κ3) is 4.35. The molecule has 2 N–H and O–H groups in total. The topological polar surface area (TPSA) is 54.0 Å². The zero-order valence-electron chi connectivity index (χ0n) is 11.2. The highest BCUT2D eigenvalue weighted by Gasteiger charge is 2.04. The summed E-state index contributed by atoms with van der Waals surface area (Å²) >= 11 is 3.47. The van der Waals surface area contributed by atoms with Gasteiger partial charge >= 0.3 is 0 Å². The molecule has 0 aliphatic rings. The van der Waals surface area contributed by atoms with E-state index in [1.54, 1.807) is 6.20 Å². The molecule has 0 unspecified atom stereocenters. The zero-order chi connectivity index (χ0) is 14.4. The van der Waals surface area contributed by atoms with Gasteiger partial charge in [0.05, 0.1) is 18.8 Å². The maximum Gasteiger partial charge on any atom is 0.239 e. The Morgan fingerprint density at radius 2 is 2.15 bits per heavy atom. The molecule has 20 heavy (non-hydrogen) atoms. The molecule has 0 bridgehead atoms. The predicted octanol–water partition coefficient (Wildman–Crippen LogP) is 2.88. The maximum atomic E-state index is 11.8. The van der Waals surface area contributed by atoms with Crippen LogP contribution in [-0.2, 0) is 11.3 Å². The van der Waals surface area contributed by atoms with E-state index in [4.69, 9.17) is 0 Å². The number of pyridine rings is 1. The molecule has 0 fully saturated rings. The average molecular weight is 334 g/mol. The Bertz CT molecular complexity index is 587. The van der Waals surface area contributed by atoms with Crippen molar-refractivity contribution in [3.05, 3.63) is 58.3 Å². The molecule has 0 atom stereocenters. The van der Waals surface area contributed by atoms with Crippen molar-refractivity contribution in [3.63, 3.8) is 0 Å². The number of halogens is 1. The lowest BCUT2D eigenvalue weighted by Crippen LogP contribution is -2.29. The van der Waals surface area contributed by atoms with E-state index in [0.29, 0.717) is 6.54 Å². The molecule has 1 amide bonds. The minimum Gasteiger partial charge on any atom is -0.375 e. The molecule has 0 spiro atoms. The summed E-state index contributed by atoms with van der Waals surface area (Å²) < 4.78 is 0.954. The fourth-order valence-electron chi connectivity index (χ4n) is 1.69. The molecular weight excluding hydrogens is 318 g/mol. The zero-order valence-corrected chi connectivity index (χ0v) is 12.8. The Morgan fingerprint density at radius 1 is 1.30 bits per heavy atom. The summed E-state index contributed by atoms with van der Waals surface area (Å²) in [6.45, 7) is 2.69. The number of anilines is 1. The highest BCUT2D eigenvalue weighted by atomic mass is 79.9. The normalized spacial score (nSPS) is 10.1. The lowest BCUT2D eigenvalue weighted by atomic mass is 10.2. The van der Waals surface area contributed by atoms with Crippen LogP contribution >= 0.6 is 15.9 Å². The Balaban J connectivity index is 1.80. The molecule has 104 valence electrons. The number of rotatable bonds is 5. The second-order valence-corrected chi connectivity index (χ2v) is 5.29. The van der Waals surface area contributed by atoms with Gasteiger partial charge in [-0.05, 0) is 52.7 Å². The van der Waals surface area contributed by atoms with Crippen molar-refractivity contribution in [1.82, 2.24) is 10.3 Å². The Hall–Kier alpha value is -1.88. The molecule has 0 saturated heterocycles. The van der Waals surface area contributed by atoms with Crippen molar-refractivity contribution in [2.75, 3.05) is 11.9 Å². The third-order valence-corrected chi connectivity index (χ3v) is 3.41. The van der Waals surface area contributed by atoms with Crippen molar-refractivity contribution in [1.29, 1.82) is 0 Å². The summed E-state index contributed by atoms with van der Waals surface area (Å²) in [5.74, 6) is -0.0665. The summed E-state index contributed by atoms with van der Waals surface area (Å²) in [6.07, 6.45) is 1.71. The van der Waals surface area contributed by atoms with Crippen LogP contribution in [0.25, 0.3) is 0 Å². The first-order valence-electron chi connectivity index (χ1n) is 6.32. The standard InChI is InChI=1S/C15H16BrN3O/c1-11-5-6-14(13(16)8-11)18-10-15(20)19-9-12-4-2-3-7-17-12/h2-8,18H,9-10H2,1H3,(H,19,20). The molecule has 0 aliphatic heterocycles. The van der Waals surface area contributed by atoms with Crippen molar-refractivity contribution in [3.8, 4) is 0 Å². The fourth-order valence-corrected chi connectivity index (χ4v) is 2.33. The number of aromatic nitrogens is 1. The number of carbonyl (C=O) groups excluding carboxylic acids is 1. The van der Waals surface area contributed by atoms with E-state index in [2.05, 4.69) is 31.5 Å². The molecule has 0 saturated carbocycles. The number of hydrogen-bond donors (Lipinski definition) is 2.